The van der Waals surface area contributed by atoms with E-state index in [0.29, 0.717) is 5.02 Å². The molecule has 2 aromatic rings. The van der Waals surface area contributed by atoms with E-state index >= 15 is 0 Å². The monoisotopic (exact) mass is 308 g/mol. The highest BCUT2D eigenvalue weighted by Crippen LogP contribution is 2.30. The van der Waals surface area contributed by atoms with Crippen molar-refractivity contribution in [3.8, 4) is 0 Å². The van der Waals surface area contributed by atoms with E-state index in [9.17, 15) is 0 Å². The molecule has 1 unspecified atom stereocenters. The van der Waals surface area contributed by atoms with Gasteiger partial charge in [-0.15, -0.1) is 0 Å². The summed E-state index contributed by atoms with van der Waals surface area (Å²) < 4.78 is 0. The first-order valence-corrected chi connectivity index (χ1v) is 7.48. The van der Waals surface area contributed by atoms with Gasteiger partial charge in [0.05, 0.1) is 11.1 Å². The van der Waals surface area contributed by atoms with Gasteiger partial charge in [0.15, 0.2) is 0 Å². The minimum atomic E-state index is 0.0311. The second-order valence-electron chi connectivity index (χ2n) is 4.79. The van der Waals surface area contributed by atoms with E-state index < -0.39 is 0 Å². The van der Waals surface area contributed by atoms with Crippen LogP contribution in [0.2, 0.25) is 10.0 Å². The molecule has 2 nitrogen and oxygen atoms in total. The highest BCUT2D eigenvalue weighted by atomic mass is 35.5. The minimum absolute atomic E-state index is 0.0311. The molecule has 106 valence electrons. The fourth-order valence-electron chi connectivity index (χ4n) is 2.10. The Hall–Kier alpha value is -1.09. The van der Waals surface area contributed by atoms with Gasteiger partial charge in [-0.25, -0.2) is 0 Å². The third kappa shape index (κ3) is 3.51. The number of halogens is 2. The van der Waals surface area contributed by atoms with Gasteiger partial charge in [-0.2, -0.15) is 0 Å². The second kappa shape index (κ2) is 7.07. The Bertz CT molecular complexity index is 584. The van der Waals surface area contributed by atoms with Crippen molar-refractivity contribution in [2.45, 2.75) is 26.3 Å². The number of aryl methyl sites for hydroxylation is 1. The first-order valence-electron chi connectivity index (χ1n) is 6.72. The predicted octanol–water partition coefficient (Wildman–Crippen LogP) is 4.79. The van der Waals surface area contributed by atoms with E-state index in [-0.39, 0.29) is 6.04 Å². The van der Waals surface area contributed by atoms with Crippen LogP contribution in [-0.4, -0.2) is 11.5 Å². The van der Waals surface area contributed by atoms with Gasteiger partial charge in [-0.1, -0.05) is 42.3 Å². The van der Waals surface area contributed by atoms with Crippen molar-refractivity contribution >= 4 is 23.2 Å². The summed E-state index contributed by atoms with van der Waals surface area (Å²) in [6, 6.07) is 8.10. The van der Waals surface area contributed by atoms with Gasteiger partial charge in [-0.3, -0.25) is 4.98 Å². The van der Waals surface area contributed by atoms with E-state index in [1.165, 1.54) is 0 Å². The molecule has 0 amide bonds. The molecule has 1 aromatic heterocycles. The Morgan fingerprint density at radius 1 is 1.20 bits per heavy atom. The summed E-state index contributed by atoms with van der Waals surface area (Å²) in [6.07, 6.45) is 4.49. The number of nitrogens with zero attached hydrogens (tertiary/aromatic N) is 1. The SMILES string of the molecule is CCCNC(c1ccc(C)c(Cl)c1)c1ccncc1Cl. The number of benzene rings is 1. The van der Waals surface area contributed by atoms with Gasteiger partial charge in [0.2, 0.25) is 0 Å². The fraction of sp³-hybridized carbons (Fsp3) is 0.312. The van der Waals surface area contributed by atoms with Crippen LogP contribution in [0.15, 0.2) is 36.7 Å². The highest BCUT2D eigenvalue weighted by Gasteiger charge is 2.17. The molecule has 0 aliphatic rings. The maximum absolute atomic E-state index is 6.28. The molecule has 0 saturated heterocycles. The van der Waals surface area contributed by atoms with Crippen LogP contribution in [0.1, 0.15) is 36.1 Å². The summed E-state index contributed by atoms with van der Waals surface area (Å²) in [5.74, 6) is 0. The van der Waals surface area contributed by atoms with Gasteiger partial charge in [0.1, 0.15) is 0 Å². The number of aromatic nitrogens is 1. The molecule has 2 rings (SSSR count). The van der Waals surface area contributed by atoms with Crippen LogP contribution in [0, 0.1) is 6.92 Å². The van der Waals surface area contributed by atoms with E-state index in [2.05, 4.69) is 23.3 Å². The average Bonchev–Trinajstić information content (AvgIpc) is 2.44. The summed E-state index contributed by atoms with van der Waals surface area (Å²) in [5, 5.41) is 4.96. The van der Waals surface area contributed by atoms with Gasteiger partial charge in [0.25, 0.3) is 0 Å². The third-order valence-electron chi connectivity index (χ3n) is 3.24. The van der Waals surface area contributed by atoms with Crippen LogP contribution in [0.3, 0.4) is 0 Å². The largest absolute Gasteiger partial charge is 0.306 e. The number of rotatable bonds is 5. The molecule has 1 heterocycles. The molecule has 0 radical (unpaired) electrons. The lowest BCUT2D eigenvalue weighted by atomic mass is 9.98. The summed E-state index contributed by atoms with van der Waals surface area (Å²) >= 11 is 12.5. The topological polar surface area (TPSA) is 24.9 Å². The van der Waals surface area contributed by atoms with Crippen LogP contribution in [0.4, 0.5) is 0 Å². The quantitative estimate of drug-likeness (QED) is 0.859. The van der Waals surface area contributed by atoms with Gasteiger partial charge >= 0.3 is 0 Å². The molecule has 0 fully saturated rings. The maximum Gasteiger partial charge on any atom is 0.0640 e. The Labute approximate surface area is 130 Å². The average molecular weight is 309 g/mol. The molecule has 0 spiro atoms. The first kappa shape index (κ1) is 15.3. The number of nitrogens with one attached hydrogen (secondary N) is 1. The van der Waals surface area contributed by atoms with Crippen LogP contribution >= 0.6 is 23.2 Å². The van der Waals surface area contributed by atoms with Crippen LogP contribution in [0.25, 0.3) is 0 Å². The lowest BCUT2D eigenvalue weighted by molar-refractivity contribution is 0.598. The summed E-state index contributed by atoms with van der Waals surface area (Å²) in [7, 11) is 0. The lowest BCUT2D eigenvalue weighted by Crippen LogP contribution is -2.23. The highest BCUT2D eigenvalue weighted by molar-refractivity contribution is 6.31. The molecular weight excluding hydrogens is 291 g/mol. The van der Waals surface area contributed by atoms with Crippen molar-refractivity contribution < 1.29 is 0 Å². The van der Waals surface area contributed by atoms with Gasteiger partial charge in [-0.05, 0) is 48.7 Å². The molecule has 1 N–H and O–H groups in total. The van der Waals surface area contributed by atoms with Crippen molar-refractivity contribution in [2.24, 2.45) is 0 Å². The second-order valence-corrected chi connectivity index (χ2v) is 5.61. The molecule has 20 heavy (non-hydrogen) atoms. The van der Waals surface area contributed by atoms with E-state index in [4.69, 9.17) is 23.2 Å². The summed E-state index contributed by atoms with van der Waals surface area (Å²) in [5.41, 5.74) is 3.21. The van der Waals surface area contributed by atoms with E-state index in [0.717, 1.165) is 34.7 Å². The maximum atomic E-state index is 6.28. The normalized spacial score (nSPS) is 12.4. The zero-order chi connectivity index (χ0) is 14.5. The molecule has 0 bridgehead atoms. The Morgan fingerprint density at radius 2 is 2.00 bits per heavy atom. The fourth-order valence-corrected chi connectivity index (χ4v) is 2.52. The molecule has 1 aromatic carbocycles. The number of hydrogen-bond donors (Lipinski definition) is 1. The summed E-state index contributed by atoms with van der Waals surface area (Å²) in [4.78, 5) is 4.05. The standard InChI is InChI=1S/C16H18Cl2N2/c1-3-7-20-16(13-6-8-19-10-15(13)18)12-5-4-11(2)14(17)9-12/h4-6,8-10,16,20H,3,7H2,1-2H3. The molecule has 0 aliphatic carbocycles. The molecule has 4 heteroatoms. The van der Waals surface area contributed by atoms with Gasteiger partial charge in [0, 0.05) is 17.4 Å². The van der Waals surface area contributed by atoms with Crippen molar-refractivity contribution in [1.82, 2.24) is 10.3 Å². The zero-order valence-corrected chi connectivity index (χ0v) is 13.2. The Morgan fingerprint density at radius 3 is 2.65 bits per heavy atom. The molecule has 0 saturated carbocycles. The van der Waals surface area contributed by atoms with Gasteiger partial charge < -0.3 is 5.32 Å². The smallest absolute Gasteiger partial charge is 0.0640 e. The number of pyridine rings is 1. The van der Waals surface area contributed by atoms with Crippen molar-refractivity contribution in [2.75, 3.05) is 6.54 Å². The van der Waals surface area contributed by atoms with Crippen LogP contribution in [-0.2, 0) is 0 Å². The molecular formula is C16H18Cl2N2. The van der Waals surface area contributed by atoms with Crippen LogP contribution < -0.4 is 5.32 Å². The minimum Gasteiger partial charge on any atom is -0.306 e. The molecule has 1 atom stereocenters. The molecule has 0 aliphatic heterocycles. The third-order valence-corrected chi connectivity index (χ3v) is 3.97. The summed E-state index contributed by atoms with van der Waals surface area (Å²) in [6.45, 7) is 5.05. The van der Waals surface area contributed by atoms with Crippen molar-refractivity contribution in [3.05, 3.63) is 63.4 Å². The Balaban J connectivity index is 2.41. The van der Waals surface area contributed by atoms with Crippen molar-refractivity contribution in [1.29, 1.82) is 0 Å². The number of hydrogen-bond acceptors (Lipinski definition) is 2. The Kier molecular flexibility index (Phi) is 5.41. The van der Waals surface area contributed by atoms with E-state index in [1.807, 2.05) is 25.1 Å². The first-order chi connectivity index (χ1) is 9.63. The lowest BCUT2D eigenvalue weighted by Gasteiger charge is -2.21. The zero-order valence-electron chi connectivity index (χ0n) is 11.7. The predicted molar refractivity (Wildman–Crippen MR) is 85.6 cm³/mol. The van der Waals surface area contributed by atoms with Crippen molar-refractivity contribution in [3.63, 3.8) is 0 Å². The van der Waals surface area contributed by atoms with Crippen LogP contribution in [0.5, 0.6) is 0 Å². The van der Waals surface area contributed by atoms with E-state index in [1.54, 1.807) is 12.4 Å².